The Morgan fingerprint density at radius 3 is 2.29 bits per heavy atom. The van der Waals surface area contributed by atoms with E-state index in [1.807, 2.05) is 6.92 Å². The van der Waals surface area contributed by atoms with E-state index in [-0.39, 0.29) is 40.7 Å². The summed E-state index contributed by atoms with van der Waals surface area (Å²) in [6.45, 7) is 18.6. The number of ether oxygens (including phenoxy) is 2. The smallest absolute Gasteiger partial charge is 0.312 e. The van der Waals surface area contributed by atoms with E-state index in [1.54, 1.807) is 0 Å². The molecule has 3 aliphatic rings. The molecule has 0 bridgehead atoms. The molecule has 192 valence electrons. The third kappa shape index (κ3) is 4.49. The number of methoxy groups -OCH3 is 1. The van der Waals surface area contributed by atoms with E-state index in [1.165, 1.54) is 14.0 Å². The van der Waals surface area contributed by atoms with Gasteiger partial charge in [-0.2, -0.15) is 0 Å². The van der Waals surface area contributed by atoms with Crippen molar-refractivity contribution in [2.45, 2.75) is 98.4 Å². The first-order chi connectivity index (χ1) is 15.5. The SMILES string of the molecule is COC(=O)[C@]1(C)CC(O[Si](C)(C)C(C)(C)C)=C[C@@]2(C)[C@@H]3C[C@@H](C)C[C@@H](OC(C)=O)[C@H]3CC(=O)[C@@H]21. The second kappa shape index (κ2) is 8.79. The predicted molar refractivity (Wildman–Crippen MR) is 133 cm³/mol. The summed E-state index contributed by atoms with van der Waals surface area (Å²) in [5.41, 5.74) is -1.60. The largest absolute Gasteiger partial charge is 0.547 e. The molecular formula is C27H44O6Si. The van der Waals surface area contributed by atoms with Crippen LogP contribution in [0.15, 0.2) is 11.8 Å². The van der Waals surface area contributed by atoms with Crippen molar-refractivity contribution in [3.05, 3.63) is 11.8 Å². The first-order valence-electron chi connectivity index (χ1n) is 12.7. The van der Waals surface area contributed by atoms with Crippen molar-refractivity contribution in [2.75, 3.05) is 7.11 Å². The molecule has 7 atom stereocenters. The van der Waals surface area contributed by atoms with Crippen LogP contribution in [0.1, 0.15) is 74.1 Å². The van der Waals surface area contributed by atoms with E-state index in [2.05, 4.69) is 53.8 Å². The lowest BCUT2D eigenvalue weighted by molar-refractivity contribution is -0.181. The maximum Gasteiger partial charge on any atom is 0.312 e. The molecule has 6 nitrogen and oxygen atoms in total. The van der Waals surface area contributed by atoms with E-state index < -0.39 is 25.1 Å². The average molecular weight is 493 g/mol. The summed E-state index contributed by atoms with van der Waals surface area (Å²) in [6, 6.07) is 0. The Morgan fingerprint density at radius 1 is 1.15 bits per heavy atom. The van der Waals surface area contributed by atoms with E-state index in [4.69, 9.17) is 13.9 Å². The van der Waals surface area contributed by atoms with Gasteiger partial charge in [-0.1, -0.05) is 34.6 Å². The van der Waals surface area contributed by atoms with Crippen molar-refractivity contribution in [3.8, 4) is 0 Å². The minimum atomic E-state index is -2.17. The van der Waals surface area contributed by atoms with Gasteiger partial charge in [-0.25, -0.2) is 0 Å². The van der Waals surface area contributed by atoms with Gasteiger partial charge in [0.2, 0.25) is 8.32 Å². The Balaban J connectivity index is 2.15. The van der Waals surface area contributed by atoms with Gasteiger partial charge < -0.3 is 13.9 Å². The molecule has 0 heterocycles. The first-order valence-corrected chi connectivity index (χ1v) is 15.6. The van der Waals surface area contributed by atoms with Gasteiger partial charge in [-0.05, 0) is 55.8 Å². The highest BCUT2D eigenvalue weighted by Crippen LogP contribution is 2.63. The van der Waals surface area contributed by atoms with Crippen molar-refractivity contribution in [1.29, 1.82) is 0 Å². The number of rotatable bonds is 4. The van der Waals surface area contributed by atoms with Crippen molar-refractivity contribution < 1.29 is 28.3 Å². The number of hydrogen-bond acceptors (Lipinski definition) is 6. The number of carbonyl (C=O) groups excluding carboxylic acids is 3. The predicted octanol–water partition coefficient (Wildman–Crippen LogP) is 5.66. The Morgan fingerprint density at radius 2 is 1.76 bits per heavy atom. The number of Topliss-reactive ketones (excluding diaryl/α,β-unsaturated/α-hetero) is 1. The Kier molecular flexibility index (Phi) is 6.97. The van der Waals surface area contributed by atoms with Gasteiger partial charge in [0.15, 0.2) is 0 Å². The highest BCUT2D eigenvalue weighted by Gasteiger charge is 2.65. The molecule has 0 amide bonds. The minimum Gasteiger partial charge on any atom is -0.547 e. The van der Waals surface area contributed by atoms with E-state index in [0.717, 1.165) is 18.6 Å². The zero-order valence-corrected chi connectivity index (χ0v) is 23.7. The van der Waals surface area contributed by atoms with Crippen molar-refractivity contribution in [3.63, 3.8) is 0 Å². The molecule has 3 aliphatic carbocycles. The third-order valence-corrected chi connectivity index (χ3v) is 13.7. The number of hydrogen-bond donors (Lipinski definition) is 0. The van der Waals surface area contributed by atoms with Crippen LogP contribution in [-0.4, -0.2) is 39.3 Å². The Bertz CT molecular complexity index is 886. The molecule has 7 heteroatoms. The van der Waals surface area contributed by atoms with Crippen LogP contribution in [0.3, 0.4) is 0 Å². The molecule has 0 aromatic carbocycles. The molecule has 2 saturated carbocycles. The molecule has 0 N–H and O–H groups in total. The number of ketones is 1. The zero-order chi connectivity index (χ0) is 25.9. The van der Waals surface area contributed by atoms with Crippen molar-refractivity contribution in [1.82, 2.24) is 0 Å². The fraction of sp³-hybridized carbons (Fsp3) is 0.815. The fourth-order valence-electron chi connectivity index (χ4n) is 6.85. The van der Waals surface area contributed by atoms with Gasteiger partial charge in [0.1, 0.15) is 11.9 Å². The van der Waals surface area contributed by atoms with E-state index in [0.29, 0.717) is 18.8 Å². The van der Waals surface area contributed by atoms with Crippen LogP contribution in [0.2, 0.25) is 18.1 Å². The summed E-state index contributed by atoms with van der Waals surface area (Å²) < 4.78 is 17.8. The summed E-state index contributed by atoms with van der Waals surface area (Å²) in [5, 5.41) is -0.00203. The lowest BCUT2D eigenvalue weighted by Crippen LogP contribution is -2.61. The zero-order valence-electron chi connectivity index (χ0n) is 22.7. The lowest BCUT2D eigenvalue weighted by Gasteiger charge is -2.59. The van der Waals surface area contributed by atoms with Gasteiger partial charge >= 0.3 is 11.9 Å². The highest BCUT2D eigenvalue weighted by molar-refractivity contribution is 6.74. The van der Waals surface area contributed by atoms with Crippen LogP contribution in [-0.2, 0) is 28.3 Å². The number of esters is 2. The average Bonchev–Trinajstić information content (AvgIpc) is 2.66. The summed E-state index contributed by atoms with van der Waals surface area (Å²) in [7, 11) is -0.777. The normalized spacial score (nSPS) is 38.2. The van der Waals surface area contributed by atoms with Gasteiger partial charge in [0.05, 0.1) is 18.3 Å². The molecule has 2 fully saturated rings. The molecule has 3 rings (SSSR count). The molecule has 0 spiro atoms. The fourth-order valence-corrected chi connectivity index (χ4v) is 7.94. The monoisotopic (exact) mass is 492 g/mol. The van der Waals surface area contributed by atoms with Crippen LogP contribution in [0.4, 0.5) is 0 Å². The lowest BCUT2D eigenvalue weighted by atomic mass is 9.44. The second-order valence-electron chi connectivity index (χ2n) is 13.0. The van der Waals surface area contributed by atoms with Crippen LogP contribution in [0.5, 0.6) is 0 Å². The molecule has 0 radical (unpaired) electrons. The van der Waals surface area contributed by atoms with E-state index in [9.17, 15) is 14.4 Å². The van der Waals surface area contributed by atoms with Crippen LogP contribution < -0.4 is 0 Å². The van der Waals surface area contributed by atoms with E-state index >= 15 is 0 Å². The maximum atomic E-state index is 13.8. The topological polar surface area (TPSA) is 78.9 Å². The summed E-state index contributed by atoms with van der Waals surface area (Å²) in [5.74, 6) is 0.0905. The molecule has 0 aliphatic heterocycles. The summed E-state index contributed by atoms with van der Waals surface area (Å²) in [6.07, 6.45) is 4.26. The number of allylic oxidation sites excluding steroid dienone is 2. The van der Waals surface area contributed by atoms with Gasteiger partial charge in [0, 0.05) is 37.0 Å². The Labute approximate surface area is 206 Å². The van der Waals surface area contributed by atoms with Gasteiger partial charge in [0.25, 0.3) is 0 Å². The first kappa shape index (κ1) is 27.0. The maximum absolute atomic E-state index is 13.8. The minimum absolute atomic E-state index is 0.00203. The number of fused-ring (bicyclic) bond motifs is 3. The van der Waals surface area contributed by atoms with Crippen molar-refractivity contribution >= 4 is 26.0 Å². The quantitative estimate of drug-likeness (QED) is 0.372. The Hall–Kier alpha value is -1.63. The number of carbonyl (C=O) groups is 3. The molecule has 34 heavy (non-hydrogen) atoms. The second-order valence-corrected chi connectivity index (χ2v) is 17.7. The summed E-state index contributed by atoms with van der Waals surface area (Å²) >= 11 is 0. The molecule has 0 saturated heterocycles. The van der Waals surface area contributed by atoms with Gasteiger partial charge in [-0.15, -0.1) is 0 Å². The third-order valence-electron chi connectivity index (χ3n) is 9.28. The molecule has 0 aromatic heterocycles. The molecule has 0 unspecified atom stereocenters. The highest BCUT2D eigenvalue weighted by atomic mass is 28.4. The molecular weight excluding hydrogens is 448 g/mol. The summed E-state index contributed by atoms with van der Waals surface area (Å²) in [4.78, 5) is 38.9. The van der Waals surface area contributed by atoms with Crippen LogP contribution in [0, 0.1) is 34.5 Å². The van der Waals surface area contributed by atoms with Crippen molar-refractivity contribution in [2.24, 2.45) is 34.5 Å². The standard InChI is InChI=1S/C27H44O6Si/c1-16-11-20-19(22(12-16)32-17(2)28)13-21(29)23-26(20,6)14-18(15-27(23,7)24(30)31-8)33-34(9,10)25(3,4)5/h14,16,19-20,22-23H,11-13,15H2,1-10H3/t16-,19+,20-,22-,23+,26+,27-/m1/s1. The molecule has 0 aromatic rings. The van der Waals surface area contributed by atoms with Gasteiger partial charge in [-0.3, -0.25) is 14.4 Å². The van der Waals surface area contributed by atoms with Crippen LogP contribution >= 0.6 is 0 Å². The van der Waals surface area contributed by atoms with Crippen LogP contribution in [0.25, 0.3) is 0 Å².